The third-order valence-electron chi connectivity index (χ3n) is 3.85. The number of amides is 2. The van der Waals surface area contributed by atoms with Crippen LogP contribution in [0.2, 0.25) is 0 Å². The van der Waals surface area contributed by atoms with Gasteiger partial charge in [-0.05, 0) is 53.7 Å². The van der Waals surface area contributed by atoms with Crippen molar-refractivity contribution < 1.29 is 19.1 Å². The van der Waals surface area contributed by atoms with Gasteiger partial charge in [-0.15, -0.1) is 5.10 Å². The van der Waals surface area contributed by atoms with E-state index in [9.17, 15) is 14.4 Å². The number of nitrogens with one attached hydrogen (secondary N) is 2. The van der Waals surface area contributed by atoms with E-state index >= 15 is 0 Å². The average molecular weight is 394 g/mol. The predicted molar refractivity (Wildman–Crippen MR) is 103 cm³/mol. The fourth-order valence-electron chi connectivity index (χ4n) is 2.48. The summed E-state index contributed by atoms with van der Waals surface area (Å²) in [7, 11) is 0. The smallest absolute Gasteiger partial charge is 0.341 e. The second-order valence-electron chi connectivity index (χ2n) is 6.07. The van der Waals surface area contributed by atoms with Crippen LogP contribution in [0.15, 0.2) is 54.9 Å². The van der Waals surface area contributed by atoms with Crippen molar-refractivity contribution in [2.24, 2.45) is 0 Å². The number of rotatable bonds is 6. The first-order chi connectivity index (χ1) is 13.9. The highest BCUT2D eigenvalue weighted by atomic mass is 16.5. The molecule has 0 saturated carbocycles. The highest BCUT2D eigenvalue weighted by molar-refractivity contribution is 5.99. The monoisotopic (exact) mass is 394 g/mol. The molecule has 0 radical (unpaired) electrons. The third-order valence-corrected chi connectivity index (χ3v) is 3.85. The van der Waals surface area contributed by atoms with E-state index in [1.54, 1.807) is 48.5 Å². The summed E-state index contributed by atoms with van der Waals surface area (Å²) in [4.78, 5) is 36.0. The van der Waals surface area contributed by atoms with Crippen molar-refractivity contribution in [3.8, 4) is 5.69 Å². The van der Waals surface area contributed by atoms with Gasteiger partial charge in [0, 0.05) is 18.3 Å². The van der Waals surface area contributed by atoms with Crippen molar-refractivity contribution in [3.63, 3.8) is 0 Å². The van der Waals surface area contributed by atoms with Gasteiger partial charge in [-0.2, -0.15) is 4.68 Å². The van der Waals surface area contributed by atoms with Gasteiger partial charge in [-0.1, -0.05) is 12.1 Å². The molecular formula is C19H18N6O4. The summed E-state index contributed by atoms with van der Waals surface area (Å²) in [5.41, 5.74) is 1.76. The third kappa shape index (κ3) is 5.01. The van der Waals surface area contributed by atoms with E-state index in [0.717, 1.165) is 0 Å². The maximum absolute atomic E-state index is 12.6. The highest BCUT2D eigenvalue weighted by Crippen LogP contribution is 2.16. The zero-order chi connectivity index (χ0) is 20.8. The number of nitrogens with zero attached hydrogens (tertiary/aromatic N) is 4. The summed E-state index contributed by atoms with van der Waals surface area (Å²) in [6.07, 6.45) is 0.312. The number of hydrogen-bond donors (Lipinski definition) is 2. The van der Waals surface area contributed by atoms with Gasteiger partial charge < -0.3 is 15.4 Å². The molecule has 2 aromatic carbocycles. The van der Waals surface area contributed by atoms with Crippen molar-refractivity contribution in [1.82, 2.24) is 20.2 Å². The van der Waals surface area contributed by atoms with E-state index in [1.165, 1.54) is 24.9 Å². The summed E-state index contributed by atoms with van der Waals surface area (Å²) < 4.78 is 6.63. The maximum atomic E-state index is 12.6. The number of ether oxygens (including phenoxy) is 1. The topological polar surface area (TPSA) is 128 Å². The van der Waals surface area contributed by atoms with Crippen molar-refractivity contribution in [3.05, 3.63) is 60.4 Å². The van der Waals surface area contributed by atoms with Gasteiger partial charge in [0.25, 0.3) is 5.91 Å². The van der Waals surface area contributed by atoms with Crippen LogP contribution in [0.25, 0.3) is 5.69 Å². The SMILES string of the molecule is CC(=O)Nc1ccc(NC(=O)[C@@H](C)OC(=O)c2ccccc2-n2cnnn2)cc1. The van der Waals surface area contributed by atoms with Gasteiger partial charge in [-0.25, -0.2) is 4.79 Å². The number of hydrogen-bond acceptors (Lipinski definition) is 7. The van der Waals surface area contributed by atoms with Crippen LogP contribution in [0.5, 0.6) is 0 Å². The minimum absolute atomic E-state index is 0.190. The number of para-hydroxylation sites is 1. The number of esters is 1. The molecule has 1 atom stereocenters. The van der Waals surface area contributed by atoms with Crippen molar-refractivity contribution in [2.75, 3.05) is 10.6 Å². The normalized spacial score (nSPS) is 11.4. The van der Waals surface area contributed by atoms with Crippen molar-refractivity contribution >= 4 is 29.2 Å². The van der Waals surface area contributed by atoms with E-state index in [-0.39, 0.29) is 11.5 Å². The van der Waals surface area contributed by atoms with Crippen LogP contribution in [-0.2, 0) is 14.3 Å². The van der Waals surface area contributed by atoms with Crippen LogP contribution in [0.3, 0.4) is 0 Å². The van der Waals surface area contributed by atoms with E-state index in [0.29, 0.717) is 17.1 Å². The largest absolute Gasteiger partial charge is 0.449 e. The molecule has 3 aromatic rings. The quantitative estimate of drug-likeness (QED) is 0.610. The number of anilines is 2. The van der Waals surface area contributed by atoms with E-state index < -0.39 is 18.0 Å². The molecule has 0 bridgehead atoms. The first kappa shape index (κ1) is 19.7. The lowest BCUT2D eigenvalue weighted by molar-refractivity contribution is -0.123. The minimum Gasteiger partial charge on any atom is -0.449 e. The number of carbonyl (C=O) groups excluding carboxylic acids is 3. The van der Waals surface area contributed by atoms with E-state index in [1.807, 2.05) is 0 Å². The second kappa shape index (κ2) is 8.74. The van der Waals surface area contributed by atoms with Crippen LogP contribution in [0, 0.1) is 0 Å². The first-order valence-electron chi connectivity index (χ1n) is 8.66. The average Bonchev–Trinajstić information content (AvgIpc) is 3.23. The molecule has 3 rings (SSSR count). The van der Waals surface area contributed by atoms with Crippen LogP contribution in [0.4, 0.5) is 11.4 Å². The van der Waals surface area contributed by atoms with Crippen LogP contribution in [-0.4, -0.2) is 44.1 Å². The summed E-state index contributed by atoms with van der Waals surface area (Å²) in [6.45, 7) is 2.88. The molecule has 29 heavy (non-hydrogen) atoms. The Morgan fingerprint density at radius 1 is 1.00 bits per heavy atom. The highest BCUT2D eigenvalue weighted by Gasteiger charge is 2.21. The molecule has 1 heterocycles. The standard InChI is InChI=1S/C19H18N6O4/c1-12(18(27)22-15-9-7-14(8-10-15)21-13(2)26)29-19(28)16-5-3-4-6-17(16)25-11-20-23-24-25/h3-12H,1-2H3,(H,21,26)(H,22,27)/t12-/m1/s1. The predicted octanol–water partition coefficient (Wildman–Crippen LogP) is 1.80. The summed E-state index contributed by atoms with van der Waals surface area (Å²) in [5.74, 6) is -1.37. The number of benzene rings is 2. The molecule has 10 nitrogen and oxygen atoms in total. The zero-order valence-electron chi connectivity index (χ0n) is 15.7. The van der Waals surface area contributed by atoms with Gasteiger partial charge >= 0.3 is 5.97 Å². The molecule has 0 aliphatic heterocycles. The van der Waals surface area contributed by atoms with E-state index in [2.05, 4.69) is 26.2 Å². The van der Waals surface area contributed by atoms with E-state index in [4.69, 9.17) is 4.74 Å². The van der Waals surface area contributed by atoms with Gasteiger partial charge in [0.15, 0.2) is 6.10 Å². The second-order valence-corrected chi connectivity index (χ2v) is 6.07. The van der Waals surface area contributed by atoms with Gasteiger partial charge in [0.2, 0.25) is 5.91 Å². The number of carbonyl (C=O) groups is 3. The molecule has 2 N–H and O–H groups in total. The molecule has 0 unspecified atom stereocenters. The van der Waals surface area contributed by atoms with Gasteiger partial charge in [0.05, 0.1) is 11.3 Å². The Bertz CT molecular complexity index is 1020. The Balaban J connectivity index is 1.64. The fraction of sp³-hybridized carbons (Fsp3) is 0.158. The summed E-state index contributed by atoms with van der Waals surface area (Å²) >= 11 is 0. The molecule has 0 spiro atoms. The minimum atomic E-state index is -1.04. The number of aromatic nitrogens is 4. The Morgan fingerprint density at radius 3 is 2.28 bits per heavy atom. The lowest BCUT2D eigenvalue weighted by Crippen LogP contribution is -2.30. The summed E-state index contributed by atoms with van der Waals surface area (Å²) in [5, 5.41) is 16.2. The fourth-order valence-corrected chi connectivity index (χ4v) is 2.48. The summed E-state index contributed by atoms with van der Waals surface area (Å²) in [6, 6.07) is 13.2. The van der Waals surface area contributed by atoms with Crippen LogP contribution in [0.1, 0.15) is 24.2 Å². The molecule has 10 heteroatoms. The zero-order valence-corrected chi connectivity index (χ0v) is 15.7. The lowest BCUT2D eigenvalue weighted by atomic mass is 10.2. The molecule has 0 aliphatic carbocycles. The molecule has 0 fully saturated rings. The molecule has 0 saturated heterocycles. The molecule has 1 aromatic heterocycles. The lowest BCUT2D eigenvalue weighted by Gasteiger charge is -2.15. The molecular weight excluding hydrogens is 376 g/mol. The Hall–Kier alpha value is -4.08. The molecule has 0 aliphatic rings. The Kier molecular flexibility index (Phi) is 5.93. The van der Waals surface area contributed by atoms with Gasteiger partial charge in [0.1, 0.15) is 6.33 Å². The maximum Gasteiger partial charge on any atom is 0.341 e. The van der Waals surface area contributed by atoms with Gasteiger partial charge in [-0.3, -0.25) is 9.59 Å². The Labute approximate surface area is 165 Å². The number of tetrazole rings is 1. The Morgan fingerprint density at radius 2 is 1.66 bits per heavy atom. The molecule has 148 valence electrons. The first-order valence-corrected chi connectivity index (χ1v) is 8.66. The van der Waals surface area contributed by atoms with Crippen LogP contribution < -0.4 is 10.6 Å². The van der Waals surface area contributed by atoms with Crippen molar-refractivity contribution in [2.45, 2.75) is 20.0 Å². The van der Waals surface area contributed by atoms with Crippen LogP contribution >= 0.6 is 0 Å². The molecule has 2 amide bonds. The van der Waals surface area contributed by atoms with Crippen molar-refractivity contribution in [1.29, 1.82) is 0 Å².